The van der Waals surface area contributed by atoms with Gasteiger partial charge in [0.1, 0.15) is 5.75 Å². The molecule has 0 saturated carbocycles. The van der Waals surface area contributed by atoms with E-state index in [0.29, 0.717) is 25.5 Å². The van der Waals surface area contributed by atoms with E-state index in [-0.39, 0.29) is 6.10 Å². The minimum atomic E-state index is 0.0566. The maximum atomic E-state index is 5.73. The highest BCUT2D eigenvalue weighted by molar-refractivity contribution is 5.47. The predicted molar refractivity (Wildman–Crippen MR) is 68.2 cm³/mol. The lowest BCUT2D eigenvalue weighted by Gasteiger charge is -2.15. The van der Waals surface area contributed by atoms with Crippen LogP contribution in [0.3, 0.4) is 0 Å². The largest absolute Gasteiger partial charge is 0.496 e. The third kappa shape index (κ3) is 4.63. The average Bonchev–Trinajstić information content (AvgIpc) is 2.34. The van der Waals surface area contributed by atoms with E-state index in [1.165, 1.54) is 0 Å². The lowest BCUT2D eigenvalue weighted by Crippen LogP contribution is -2.16. The summed E-state index contributed by atoms with van der Waals surface area (Å²) in [4.78, 5) is 0. The van der Waals surface area contributed by atoms with E-state index in [9.17, 15) is 0 Å². The van der Waals surface area contributed by atoms with Crippen LogP contribution in [-0.4, -0.2) is 26.4 Å². The predicted octanol–water partition coefficient (Wildman–Crippen LogP) is 2.22. The van der Waals surface area contributed by atoms with Crippen molar-refractivity contribution in [1.82, 2.24) is 0 Å². The van der Waals surface area contributed by atoms with Gasteiger partial charge in [0, 0.05) is 17.9 Å². The number of nitrogen functional groups attached to an aromatic ring is 1. The normalized spacial score (nSPS) is 12.4. The smallest absolute Gasteiger partial charge is 0.124 e. The number of rotatable bonds is 7. The maximum Gasteiger partial charge on any atom is 0.124 e. The first kappa shape index (κ1) is 13.8. The summed E-state index contributed by atoms with van der Waals surface area (Å²) in [6, 6.07) is 5.53. The number of ether oxygens (including phenoxy) is 3. The molecule has 0 radical (unpaired) electrons. The number of nitrogens with two attached hydrogens (primary N) is 1. The van der Waals surface area contributed by atoms with Gasteiger partial charge in [-0.25, -0.2) is 0 Å². The average molecular weight is 239 g/mol. The van der Waals surface area contributed by atoms with Gasteiger partial charge in [-0.15, -0.1) is 0 Å². The zero-order valence-electron chi connectivity index (χ0n) is 10.7. The second kappa shape index (κ2) is 7.14. The molecule has 4 nitrogen and oxygen atoms in total. The summed E-state index contributed by atoms with van der Waals surface area (Å²) in [5.74, 6) is 0.794. The summed E-state index contributed by atoms with van der Waals surface area (Å²) in [5, 5.41) is 0. The fourth-order valence-electron chi connectivity index (χ4n) is 1.48. The first-order valence-corrected chi connectivity index (χ1v) is 5.79. The second-order valence-electron chi connectivity index (χ2n) is 3.85. The van der Waals surface area contributed by atoms with Gasteiger partial charge < -0.3 is 19.9 Å². The molecule has 1 atom stereocenters. The Kier molecular flexibility index (Phi) is 5.80. The SMILES string of the molecule is CCOCC(C)OCc1cc(N)ccc1OC. The summed E-state index contributed by atoms with van der Waals surface area (Å²) < 4.78 is 16.2. The molecule has 0 fully saturated rings. The van der Waals surface area contributed by atoms with Gasteiger partial charge in [-0.05, 0) is 32.0 Å². The molecule has 0 saturated heterocycles. The van der Waals surface area contributed by atoms with E-state index in [0.717, 1.165) is 11.3 Å². The van der Waals surface area contributed by atoms with Crippen LogP contribution in [0.1, 0.15) is 19.4 Å². The Bertz CT molecular complexity index is 341. The molecule has 1 aromatic carbocycles. The minimum Gasteiger partial charge on any atom is -0.496 e. The van der Waals surface area contributed by atoms with E-state index in [1.54, 1.807) is 7.11 Å². The first-order valence-electron chi connectivity index (χ1n) is 5.79. The molecule has 0 aliphatic rings. The van der Waals surface area contributed by atoms with Crippen LogP contribution in [0, 0.1) is 0 Å². The first-order chi connectivity index (χ1) is 8.17. The van der Waals surface area contributed by atoms with Crippen LogP contribution in [0.4, 0.5) is 5.69 Å². The lowest BCUT2D eigenvalue weighted by molar-refractivity contribution is -0.0121. The standard InChI is InChI=1S/C13H21NO3/c1-4-16-8-10(2)17-9-11-7-12(14)5-6-13(11)15-3/h5-7,10H,4,8-9,14H2,1-3H3. The van der Waals surface area contributed by atoms with Crippen molar-refractivity contribution in [2.24, 2.45) is 0 Å². The number of hydrogen-bond acceptors (Lipinski definition) is 4. The van der Waals surface area contributed by atoms with Crippen molar-refractivity contribution in [2.75, 3.05) is 26.1 Å². The third-order valence-corrected chi connectivity index (χ3v) is 2.38. The van der Waals surface area contributed by atoms with Crippen LogP contribution in [0.5, 0.6) is 5.75 Å². The molecule has 0 heterocycles. The highest BCUT2D eigenvalue weighted by Gasteiger charge is 2.07. The second-order valence-corrected chi connectivity index (χ2v) is 3.85. The lowest BCUT2D eigenvalue weighted by atomic mass is 10.2. The molecule has 17 heavy (non-hydrogen) atoms. The molecule has 0 amide bonds. The molecular weight excluding hydrogens is 218 g/mol. The van der Waals surface area contributed by atoms with E-state index in [2.05, 4.69) is 0 Å². The summed E-state index contributed by atoms with van der Waals surface area (Å²) in [6.45, 7) is 5.72. The van der Waals surface area contributed by atoms with Crippen molar-refractivity contribution in [2.45, 2.75) is 26.6 Å². The third-order valence-electron chi connectivity index (χ3n) is 2.38. The fraction of sp³-hybridized carbons (Fsp3) is 0.538. The van der Waals surface area contributed by atoms with Crippen molar-refractivity contribution in [3.63, 3.8) is 0 Å². The van der Waals surface area contributed by atoms with Crippen LogP contribution in [0.25, 0.3) is 0 Å². The minimum absolute atomic E-state index is 0.0566. The molecule has 0 spiro atoms. The topological polar surface area (TPSA) is 53.7 Å². The highest BCUT2D eigenvalue weighted by Crippen LogP contribution is 2.22. The molecule has 4 heteroatoms. The monoisotopic (exact) mass is 239 g/mol. The van der Waals surface area contributed by atoms with E-state index >= 15 is 0 Å². The maximum absolute atomic E-state index is 5.73. The Morgan fingerprint density at radius 2 is 2.12 bits per heavy atom. The van der Waals surface area contributed by atoms with Gasteiger partial charge in [0.15, 0.2) is 0 Å². The highest BCUT2D eigenvalue weighted by atomic mass is 16.5. The Morgan fingerprint density at radius 1 is 1.35 bits per heavy atom. The van der Waals surface area contributed by atoms with Gasteiger partial charge in [0.25, 0.3) is 0 Å². The summed E-state index contributed by atoms with van der Waals surface area (Å²) >= 11 is 0. The Balaban J connectivity index is 2.52. The Morgan fingerprint density at radius 3 is 2.76 bits per heavy atom. The van der Waals surface area contributed by atoms with Crippen molar-refractivity contribution < 1.29 is 14.2 Å². The zero-order valence-corrected chi connectivity index (χ0v) is 10.7. The summed E-state index contributed by atoms with van der Waals surface area (Å²) in [7, 11) is 1.64. The molecule has 0 aromatic heterocycles. The van der Waals surface area contributed by atoms with Gasteiger partial charge in [0.2, 0.25) is 0 Å². The zero-order chi connectivity index (χ0) is 12.7. The van der Waals surface area contributed by atoms with E-state index in [4.69, 9.17) is 19.9 Å². The van der Waals surface area contributed by atoms with Crippen molar-refractivity contribution >= 4 is 5.69 Å². The molecule has 1 aromatic rings. The Labute approximate surface area is 103 Å². The number of anilines is 1. The van der Waals surface area contributed by atoms with Crippen LogP contribution < -0.4 is 10.5 Å². The molecule has 1 unspecified atom stereocenters. The number of methoxy groups -OCH3 is 1. The summed E-state index contributed by atoms with van der Waals surface area (Å²) in [6.07, 6.45) is 0.0566. The van der Waals surface area contributed by atoms with Gasteiger partial charge in [-0.3, -0.25) is 0 Å². The van der Waals surface area contributed by atoms with Crippen LogP contribution >= 0.6 is 0 Å². The molecule has 0 aliphatic carbocycles. The molecule has 0 aliphatic heterocycles. The molecule has 2 N–H and O–H groups in total. The Hall–Kier alpha value is -1.26. The van der Waals surface area contributed by atoms with Crippen LogP contribution in [-0.2, 0) is 16.1 Å². The molecule has 1 rings (SSSR count). The van der Waals surface area contributed by atoms with Crippen LogP contribution in [0.2, 0.25) is 0 Å². The molecule has 0 bridgehead atoms. The van der Waals surface area contributed by atoms with Crippen molar-refractivity contribution in [3.05, 3.63) is 23.8 Å². The van der Waals surface area contributed by atoms with Gasteiger partial charge >= 0.3 is 0 Å². The van der Waals surface area contributed by atoms with Crippen LogP contribution in [0.15, 0.2) is 18.2 Å². The molecule has 96 valence electrons. The van der Waals surface area contributed by atoms with Gasteiger partial charge in [-0.1, -0.05) is 0 Å². The van der Waals surface area contributed by atoms with E-state index in [1.807, 2.05) is 32.0 Å². The van der Waals surface area contributed by atoms with E-state index < -0.39 is 0 Å². The van der Waals surface area contributed by atoms with Crippen molar-refractivity contribution in [3.8, 4) is 5.75 Å². The quantitative estimate of drug-likeness (QED) is 0.741. The fourth-order valence-corrected chi connectivity index (χ4v) is 1.48. The number of benzene rings is 1. The van der Waals surface area contributed by atoms with Gasteiger partial charge in [0.05, 0.1) is 26.4 Å². The molecular formula is C13H21NO3. The number of hydrogen-bond donors (Lipinski definition) is 1. The van der Waals surface area contributed by atoms with Gasteiger partial charge in [-0.2, -0.15) is 0 Å². The van der Waals surface area contributed by atoms with Crippen molar-refractivity contribution in [1.29, 1.82) is 0 Å². The summed E-state index contributed by atoms with van der Waals surface area (Å²) in [5.41, 5.74) is 7.40.